The molecule has 2 N–H and O–H groups in total. The third kappa shape index (κ3) is 3.87. The summed E-state index contributed by atoms with van der Waals surface area (Å²) in [5.74, 6) is -0.137. The van der Waals surface area contributed by atoms with Crippen LogP contribution in [0.25, 0.3) is 0 Å². The molecule has 19 heavy (non-hydrogen) atoms. The van der Waals surface area contributed by atoms with E-state index < -0.39 is 0 Å². The minimum Gasteiger partial charge on any atom is -0.378 e. The highest BCUT2D eigenvalue weighted by Crippen LogP contribution is 2.24. The molecule has 0 atom stereocenters. The van der Waals surface area contributed by atoms with Gasteiger partial charge < -0.3 is 15.4 Å². The standard InChI is InChI=1S/C12H20N4O2S/c1-3-5-13-12-16-15-11(19-12)10(17)14-8-6-9(7-8)18-4-2/h8-9H,3-7H2,1-2H3,(H,13,16)(H,14,17). The van der Waals surface area contributed by atoms with Crippen LogP contribution in [-0.2, 0) is 4.74 Å². The molecule has 1 heterocycles. The van der Waals surface area contributed by atoms with Crippen molar-refractivity contribution in [3.8, 4) is 0 Å². The van der Waals surface area contributed by atoms with Gasteiger partial charge in [-0.15, -0.1) is 10.2 Å². The molecule has 1 aromatic rings. The summed E-state index contributed by atoms with van der Waals surface area (Å²) in [6.07, 6.45) is 3.09. The summed E-state index contributed by atoms with van der Waals surface area (Å²) in [6.45, 7) is 5.63. The van der Waals surface area contributed by atoms with Gasteiger partial charge in [-0.1, -0.05) is 18.3 Å². The molecule has 6 nitrogen and oxygen atoms in total. The van der Waals surface area contributed by atoms with E-state index in [4.69, 9.17) is 4.74 Å². The van der Waals surface area contributed by atoms with Crippen LogP contribution in [-0.4, -0.2) is 41.4 Å². The maximum atomic E-state index is 11.9. The van der Waals surface area contributed by atoms with Crippen molar-refractivity contribution in [3.05, 3.63) is 5.01 Å². The Morgan fingerprint density at radius 1 is 1.42 bits per heavy atom. The van der Waals surface area contributed by atoms with E-state index in [0.717, 1.165) is 32.4 Å². The van der Waals surface area contributed by atoms with Gasteiger partial charge in [0.25, 0.3) is 5.91 Å². The molecule has 106 valence electrons. The first-order valence-electron chi connectivity index (χ1n) is 6.72. The summed E-state index contributed by atoms with van der Waals surface area (Å²) < 4.78 is 5.46. The Hall–Kier alpha value is -1.21. The monoisotopic (exact) mass is 284 g/mol. The average molecular weight is 284 g/mol. The van der Waals surface area contributed by atoms with E-state index in [1.807, 2.05) is 6.92 Å². The highest BCUT2D eigenvalue weighted by molar-refractivity contribution is 7.17. The zero-order chi connectivity index (χ0) is 13.7. The van der Waals surface area contributed by atoms with Crippen LogP contribution in [0, 0.1) is 0 Å². The van der Waals surface area contributed by atoms with Gasteiger partial charge in [0, 0.05) is 19.2 Å². The van der Waals surface area contributed by atoms with Crippen molar-refractivity contribution in [3.63, 3.8) is 0 Å². The van der Waals surface area contributed by atoms with Crippen LogP contribution in [0.2, 0.25) is 0 Å². The Labute approximate surface area is 116 Å². The van der Waals surface area contributed by atoms with E-state index in [9.17, 15) is 4.79 Å². The average Bonchev–Trinajstić information content (AvgIpc) is 2.82. The number of hydrogen-bond donors (Lipinski definition) is 2. The second-order valence-electron chi connectivity index (χ2n) is 4.56. The topological polar surface area (TPSA) is 76.1 Å². The molecular weight excluding hydrogens is 264 g/mol. The highest BCUT2D eigenvalue weighted by atomic mass is 32.1. The largest absolute Gasteiger partial charge is 0.378 e. The first kappa shape index (κ1) is 14.2. The van der Waals surface area contributed by atoms with Crippen LogP contribution in [0.15, 0.2) is 0 Å². The number of nitrogens with one attached hydrogen (secondary N) is 2. The lowest BCUT2D eigenvalue weighted by Crippen LogP contribution is -2.47. The molecule has 1 aliphatic carbocycles. The van der Waals surface area contributed by atoms with Crippen LogP contribution in [0.3, 0.4) is 0 Å². The van der Waals surface area contributed by atoms with Crippen molar-refractivity contribution in [2.75, 3.05) is 18.5 Å². The molecule has 0 saturated heterocycles. The number of aromatic nitrogens is 2. The van der Waals surface area contributed by atoms with E-state index in [0.29, 0.717) is 16.2 Å². The molecule has 0 bridgehead atoms. The minimum atomic E-state index is -0.137. The third-order valence-electron chi connectivity index (χ3n) is 2.98. The second kappa shape index (κ2) is 6.81. The van der Waals surface area contributed by atoms with Crippen molar-refractivity contribution in [2.24, 2.45) is 0 Å². The van der Waals surface area contributed by atoms with Gasteiger partial charge >= 0.3 is 0 Å². The van der Waals surface area contributed by atoms with Crippen molar-refractivity contribution in [1.82, 2.24) is 15.5 Å². The van der Waals surface area contributed by atoms with Crippen molar-refractivity contribution >= 4 is 22.4 Å². The van der Waals surface area contributed by atoms with Crippen molar-refractivity contribution in [2.45, 2.75) is 45.3 Å². The molecule has 0 aliphatic heterocycles. The molecular formula is C12H20N4O2S. The molecule has 0 aromatic carbocycles. The number of hydrogen-bond acceptors (Lipinski definition) is 6. The van der Waals surface area contributed by atoms with E-state index in [2.05, 4.69) is 27.8 Å². The number of amides is 1. The van der Waals surface area contributed by atoms with Gasteiger partial charge in [0.05, 0.1) is 6.10 Å². The zero-order valence-corrected chi connectivity index (χ0v) is 12.1. The molecule has 1 aromatic heterocycles. The molecule has 0 radical (unpaired) electrons. The Kier molecular flexibility index (Phi) is 5.09. The number of anilines is 1. The van der Waals surface area contributed by atoms with E-state index in [1.165, 1.54) is 11.3 Å². The molecule has 2 rings (SSSR count). The Bertz CT molecular complexity index is 418. The van der Waals surface area contributed by atoms with Crippen LogP contribution < -0.4 is 10.6 Å². The van der Waals surface area contributed by atoms with Crippen molar-refractivity contribution < 1.29 is 9.53 Å². The fourth-order valence-corrected chi connectivity index (χ4v) is 2.59. The van der Waals surface area contributed by atoms with E-state index in [-0.39, 0.29) is 11.9 Å². The number of rotatable bonds is 7. The van der Waals surface area contributed by atoms with Crippen LogP contribution in [0.5, 0.6) is 0 Å². The molecule has 1 saturated carbocycles. The SMILES string of the molecule is CCCNc1nnc(C(=O)NC2CC(OCC)C2)s1. The summed E-state index contributed by atoms with van der Waals surface area (Å²) in [4.78, 5) is 11.9. The first-order chi connectivity index (χ1) is 9.22. The number of ether oxygens (including phenoxy) is 1. The Morgan fingerprint density at radius 2 is 2.21 bits per heavy atom. The third-order valence-corrected chi connectivity index (χ3v) is 3.86. The van der Waals surface area contributed by atoms with Gasteiger partial charge in [-0.05, 0) is 26.2 Å². The molecule has 1 amide bonds. The van der Waals surface area contributed by atoms with E-state index >= 15 is 0 Å². The summed E-state index contributed by atoms with van der Waals surface area (Å²) in [7, 11) is 0. The van der Waals surface area contributed by atoms with Crippen molar-refractivity contribution in [1.29, 1.82) is 0 Å². The van der Waals surface area contributed by atoms with Crippen LogP contribution in [0.4, 0.5) is 5.13 Å². The number of carbonyl (C=O) groups excluding carboxylic acids is 1. The Balaban J connectivity index is 1.76. The van der Waals surface area contributed by atoms with Crippen LogP contribution in [0.1, 0.15) is 42.9 Å². The Morgan fingerprint density at radius 3 is 2.89 bits per heavy atom. The number of nitrogens with zero attached hydrogens (tertiary/aromatic N) is 2. The fourth-order valence-electron chi connectivity index (χ4n) is 1.92. The molecule has 7 heteroatoms. The summed E-state index contributed by atoms with van der Waals surface area (Å²) in [5.41, 5.74) is 0. The van der Waals surface area contributed by atoms with Gasteiger partial charge in [0.15, 0.2) is 0 Å². The van der Waals surface area contributed by atoms with Gasteiger partial charge in [0.2, 0.25) is 10.1 Å². The second-order valence-corrected chi connectivity index (χ2v) is 5.54. The van der Waals surface area contributed by atoms with Gasteiger partial charge in [-0.2, -0.15) is 0 Å². The summed E-state index contributed by atoms with van der Waals surface area (Å²) in [5, 5.41) is 15.0. The lowest BCUT2D eigenvalue weighted by atomic mass is 9.89. The van der Waals surface area contributed by atoms with Gasteiger partial charge in [-0.25, -0.2) is 0 Å². The molecule has 1 aliphatic rings. The normalized spacial score (nSPS) is 21.8. The smallest absolute Gasteiger partial charge is 0.282 e. The summed E-state index contributed by atoms with van der Waals surface area (Å²) in [6, 6.07) is 0.208. The lowest BCUT2D eigenvalue weighted by molar-refractivity contribution is -0.00863. The lowest BCUT2D eigenvalue weighted by Gasteiger charge is -2.35. The highest BCUT2D eigenvalue weighted by Gasteiger charge is 2.31. The molecule has 0 unspecified atom stereocenters. The molecule has 1 fully saturated rings. The molecule has 0 spiro atoms. The predicted molar refractivity (Wildman–Crippen MR) is 74.6 cm³/mol. The maximum Gasteiger partial charge on any atom is 0.282 e. The van der Waals surface area contributed by atoms with Gasteiger partial charge in [-0.3, -0.25) is 4.79 Å². The quantitative estimate of drug-likeness (QED) is 0.796. The van der Waals surface area contributed by atoms with Crippen LogP contribution >= 0.6 is 11.3 Å². The predicted octanol–water partition coefficient (Wildman–Crippen LogP) is 1.66. The zero-order valence-electron chi connectivity index (χ0n) is 11.3. The fraction of sp³-hybridized carbons (Fsp3) is 0.750. The summed E-state index contributed by atoms with van der Waals surface area (Å²) >= 11 is 1.29. The van der Waals surface area contributed by atoms with E-state index in [1.54, 1.807) is 0 Å². The van der Waals surface area contributed by atoms with Gasteiger partial charge in [0.1, 0.15) is 0 Å². The first-order valence-corrected chi connectivity index (χ1v) is 7.54. The maximum absolute atomic E-state index is 11.9. The minimum absolute atomic E-state index is 0.137. The number of carbonyl (C=O) groups is 1.